The van der Waals surface area contributed by atoms with Crippen LogP contribution in [-0.4, -0.2) is 23.1 Å². The maximum Gasteiger partial charge on any atom is 0.350 e. The maximum absolute atomic E-state index is 11.5. The van der Waals surface area contributed by atoms with E-state index in [0.717, 1.165) is 50.7 Å². The second-order valence-corrected chi connectivity index (χ2v) is 13.2. The zero-order valence-electron chi connectivity index (χ0n) is 29.7. The van der Waals surface area contributed by atoms with Crippen molar-refractivity contribution in [3.05, 3.63) is 32.4 Å². The summed E-state index contributed by atoms with van der Waals surface area (Å²) < 4.78 is 11.8. The molecule has 0 fully saturated rings. The van der Waals surface area contributed by atoms with Crippen LogP contribution in [0.3, 0.4) is 0 Å². The van der Waals surface area contributed by atoms with Crippen molar-refractivity contribution in [2.45, 2.75) is 194 Å². The van der Waals surface area contributed by atoms with Crippen LogP contribution in [0.4, 0.5) is 11.4 Å². The Morgan fingerprint density at radius 3 is 0.848 bits per heavy atom. The normalized spacial score (nSPS) is 11.2. The molecule has 0 heterocycles. The van der Waals surface area contributed by atoms with Gasteiger partial charge in [-0.25, -0.2) is 0 Å². The summed E-state index contributed by atoms with van der Waals surface area (Å²) in [5.74, 6) is 0.440. The van der Waals surface area contributed by atoms with Gasteiger partial charge in [-0.3, -0.25) is 20.2 Å². The second-order valence-electron chi connectivity index (χ2n) is 13.2. The van der Waals surface area contributed by atoms with Crippen molar-refractivity contribution >= 4 is 11.4 Å². The van der Waals surface area contributed by atoms with E-state index in [9.17, 15) is 20.2 Å². The topological polar surface area (TPSA) is 105 Å². The van der Waals surface area contributed by atoms with Gasteiger partial charge in [0.15, 0.2) is 11.5 Å². The fourth-order valence-electron chi connectivity index (χ4n) is 6.01. The molecule has 46 heavy (non-hydrogen) atoms. The van der Waals surface area contributed by atoms with E-state index in [-0.39, 0.29) is 11.5 Å². The molecule has 0 unspecified atom stereocenters. The molecule has 1 aromatic rings. The second kappa shape index (κ2) is 30.0. The molecule has 0 spiro atoms. The van der Waals surface area contributed by atoms with Crippen molar-refractivity contribution in [2.24, 2.45) is 0 Å². The Bertz CT molecular complexity index is 823. The molecule has 8 heteroatoms. The molecule has 0 N–H and O–H groups in total. The minimum atomic E-state index is -0.727. The lowest BCUT2D eigenvalue weighted by Gasteiger charge is -2.13. The number of benzene rings is 1. The Morgan fingerprint density at radius 1 is 0.413 bits per heavy atom. The van der Waals surface area contributed by atoms with Crippen LogP contribution in [-0.2, 0) is 0 Å². The minimum absolute atomic E-state index is 0.220. The lowest BCUT2D eigenvalue weighted by molar-refractivity contribution is -0.422. The summed E-state index contributed by atoms with van der Waals surface area (Å²) in [6.07, 6.45) is 35.3. The number of nitro benzene ring substituents is 2. The first-order valence-corrected chi connectivity index (χ1v) is 19.2. The molecular formula is C38H68N2O6. The van der Waals surface area contributed by atoms with Crippen molar-refractivity contribution in [3.8, 4) is 11.5 Å². The van der Waals surface area contributed by atoms with Crippen LogP contribution in [0.5, 0.6) is 11.5 Å². The predicted molar refractivity (Wildman–Crippen MR) is 191 cm³/mol. The summed E-state index contributed by atoms with van der Waals surface area (Å²) in [7, 11) is 0. The first-order chi connectivity index (χ1) is 22.5. The van der Waals surface area contributed by atoms with E-state index in [2.05, 4.69) is 13.8 Å². The van der Waals surface area contributed by atoms with Crippen LogP contribution in [0, 0.1) is 20.2 Å². The molecule has 0 aromatic heterocycles. The molecule has 266 valence electrons. The van der Waals surface area contributed by atoms with Crippen molar-refractivity contribution in [1.82, 2.24) is 0 Å². The van der Waals surface area contributed by atoms with Gasteiger partial charge in [0.05, 0.1) is 35.2 Å². The number of rotatable bonds is 34. The molecule has 0 aliphatic carbocycles. The van der Waals surface area contributed by atoms with Crippen LogP contribution >= 0.6 is 0 Å². The van der Waals surface area contributed by atoms with Gasteiger partial charge in [0.2, 0.25) is 0 Å². The van der Waals surface area contributed by atoms with Gasteiger partial charge in [0, 0.05) is 0 Å². The van der Waals surface area contributed by atoms with E-state index < -0.39 is 21.2 Å². The summed E-state index contributed by atoms with van der Waals surface area (Å²) in [6.45, 7) is 5.32. The smallest absolute Gasteiger partial charge is 0.350 e. The van der Waals surface area contributed by atoms with Crippen molar-refractivity contribution in [3.63, 3.8) is 0 Å². The molecule has 0 aliphatic rings. The quantitative estimate of drug-likeness (QED) is 0.0418. The highest BCUT2D eigenvalue weighted by molar-refractivity contribution is 5.62. The first-order valence-electron chi connectivity index (χ1n) is 19.2. The first kappa shape index (κ1) is 41.6. The van der Waals surface area contributed by atoms with Gasteiger partial charge < -0.3 is 9.47 Å². The Balaban J connectivity index is 2.28. The van der Waals surface area contributed by atoms with Gasteiger partial charge in [0.1, 0.15) is 0 Å². The van der Waals surface area contributed by atoms with Crippen LogP contribution in [0.25, 0.3) is 0 Å². The molecule has 8 nitrogen and oxygen atoms in total. The third kappa shape index (κ3) is 22.2. The summed E-state index contributed by atoms with van der Waals surface area (Å²) in [4.78, 5) is 21.6. The van der Waals surface area contributed by atoms with E-state index in [1.807, 2.05) is 0 Å². The van der Waals surface area contributed by atoms with Gasteiger partial charge >= 0.3 is 11.4 Å². The van der Waals surface area contributed by atoms with E-state index in [1.54, 1.807) is 0 Å². The third-order valence-corrected chi connectivity index (χ3v) is 8.95. The lowest BCUT2D eigenvalue weighted by Crippen LogP contribution is -2.05. The minimum Gasteiger partial charge on any atom is -0.489 e. The van der Waals surface area contributed by atoms with Gasteiger partial charge in [0.25, 0.3) is 0 Å². The number of hydrogen-bond acceptors (Lipinski definition) is 6. The number of ether oxygens (including phenoxy) is 2. The Hall–Kier alpha value is -2.38. The van der Waals surface area contributed by atoms with Gasteiger partial charge in [-0.1, -0.05) is 181 Å². The highest BCUT2D eigenvalue weighted by Crippen LogP contribution is 2.39. The Labute approximate surface area is 281 Å². The van der Waals surface area contributed by atoms with Crippen LogP contribution < -0.4 is 9.47 Å². The van der Waals surface area contributed by atoms with E-state index >= 15 is 0 Å². The zero-order valence-corrected chi connectivity index (χ0v) is 29.7. The summed E-state index contributed by atoms with van der Waals surface area (Å²) >= 11 is 0. The number of nitrogens with zero attached hydrogens (tertiary/aromatic N) is 2. The fraction of sp³-hybridized carbons (Fsp3) is 0.842. The monoisotopic (exact) mass is 649 g/mol. The Kier molecular flexibility index (Phi) is 27.1. The molecule has 0 saturated heterocycles. The van der Waals surface area contributed by atoms with Crippen molar-refractivity contribution < 1.29 is 19.3 Å². The van der Waals surface area contributed by atoms with Gasteiger partial charge in [-0.05, 0) is 12.8 Å². The predicted octanol–water partition coefficient (Wildman–Crippen LogP) is 13.2. The SMILES string of the molecule is CCCCCCCCCCCCCCCCOc1cc([N+](=O)[O-])c([N+](=O)[O-])cc1OCCCCCCCCCCCCCCCC. The number of nitro groups is 2. The Morgan fingerprint density at radius 2 is 0.630 bits per heavy atom. The molecular weight excluding hydrogens is 580 g/mol. The number of hydrogen-bond donors (Lipinski definition) is 0. The highest BCUT2D eigenvalue weighted by Gasteiger charge is 2.28. The average Bonchev–Trinajstić information content (AvgIpc) is 3.04. The van der Waals surface area contributed by atoms with Crippen molar-refractivity contribution in [2.75, 3.05) is 13.2 Å². The van der Waals surface area contributed by atoms with E-state index in [4.69, 9.17) is 9.47 Å². The summed E-state index contributed by atoms with van der Waals surface area (Å²) in [6, 6.07) is 2.31. The highest BCUT2D eigenvalue weighted by atomic mass is 16.6. The molecule has 0 aliphatic heterocycles. The lowest BCUT2D eigenvalue weighted by atomic mass is 10.0. The molecule has 0 bridgehead atoms. The fourth-order valence-corrected chi connectivity index (χ4v) is 6.01. The summed E-state index contributed by atoms with van der Waals surface area (Å²) in [5.41, 5.74) is -1.13. The third-order valence-electron chi connectivity index (χ3n) is 8.95. The van der Waals surface area contributed by atoms with Crippen molar-refractivity contribution in [1.29, 1.82) is 0 Å². The summed E-state index contributed by atoms with van der Waals surface area (Å²) in [5, 5.41) is 23.0. The van der Waals surface area contributed by atoms with Gasteiger partial charge in [-0.15, -0.1) is 0 Å². The molecule has 1 rings (SSSR count). The van der Waals surface area contributed by atoms with Crippen LogP contribution in [0.15, 0.2) is 12.1 Å². The largest absolute Gasteiger partial charge is 0.489 e. The molecule has 1 aromatic carbocycles. The van der Waals surface area contributed by atoms with Crippen LogP contribution in [0.2, 0.25) is 0 Å². The molecule has 0 atom stereocenters. The van der Waals surface area contributed by atoms with E-state index in [0.29, 0.717) is 13.2 Å². The number of unbranched alkanes of at least 4 members (excludes halogenated alkanes) is 26. The molecule has 0 radical (unpaired) electrons. The van der Waals surface area contributed by atoms with Crippen LogP contribution in [0.1, 0.15) is 194 Å². The van der Waals surface area contributed by atoms with Gasteiger partial charge in [-0.2, -0.15) is 0 Å². The zero-order chi connectivity index (χ0) is 33.5. The average molecular weight is 649 g/mol. The van der Waals surface area contributed by atoms with E-state index in [1.165, 1.54) is 141 Å². The molecule has 0 saturated carbocycles. The maximum atomic E-state index is 11.5. The standard InChI is InChI=1S/C38H68N2O6/c1-3-5-7-9-11-13-15-17-19-21-23-25-27-29-31-45-37-33-35(39(41)42)36(40(43)44)34-38(37)46-32-30-28-26-24-22-20-18-16-14-12-10-8-6-4-2/h33-34H,3-32H2,1-2H3. The molecule has 0 amide bonds.